The number of amides is 1. The lowest BCUT2D eigenvalue weighted by Gasteiger charge is -2.19. The summed E-state index contributed by atoms with van der Waals surface area (Å²) in [6.07, 6.45) is 1.05. The monoisotopic (exact) mass is 376 g/mol. The summed E-state index contributed by atoms with van der Waals surface area (Å²) in [6.45, 7) is 2.29. The Hall–Kier alpha value is -2.41. The fourth-order valence-electron chi connectivity index (χ4n) is 2.99. The van der Waals surface area contributed by atoms with Gasteiger partial charge in [-0.2, -0.15) is 0 Å². The molecule has 1 aliphatic heterocycles. The molecular formula is C19H21FN2O3S. The van der Waals surface area contributed by atoms with E-state index in [1.54, 1.807) is 36.4 Å². The lowest BCUT2D eigenvalue weighted by molar-refractivity contribution is -0.116. The first kappa shape index (κ1) is 18.4. The number of sulfonamides is 1. The van der Waals surface area contributed by atoms with Crippen molar-refractivity contribution in [3.05, 3.63) is 59.4 Å². The Balaban J connectivity index is 1.70. The summed E-state index contributed by atoms with van der Waals surface area (Å²) < 4.78 is 39.2. The van der Waals surface area contributed by atoms with Gasteiger partial charge in [0.25, 0.3) is 0 Å². The predicted molar refractivity (Wildman–Crippen MR) is 100 cm³/mol. The van der Waals surface area contributed by atoms with E-state index in [9.17, 15) is 17.6 Å². The van der Waals surface area contributed by atoms with Crippen molar-refractivity contribution in [1.29, 1.82) is 0 Å². The maximum Gasteiger partial charge on any atom is 0.235 e. The molecule has 1 saturated heterocycles. The molecule has 1 amide bonds. The Bertz CT molecular complexity index is 928. The molecule has 7 heteroatoms. The molecule has 3 rings (SSSR count). The van der Waals surface area contributed by atoms with E-state index in [1.807, 2.05) is 6.92 Å². The van der Waals surface area contributed by atoms with Crippen LogP contribution >= 0.6 is 0 Å². The standard InChI is InChI=1S/C19H21FN2O3S/c1-14-7-9-16(22-11-4-12-26(22,24)25)13-18(14)21-19(23)10-8-15-5-2-3-6-17(15)20/h2-3,5-7,9,13H,4,8,10-12H2,1H3,(H,21,23). The van der Waals surface area contributed by atoms with E-state index < -0.39 is 10.0 Å². The van der Waals surface area contributed by atoms with Crippen LogP contribution in [0.5, 0.6) is 0 Å². The average Bonchev–Trinajstić information content (AvgIpc) is 2.95. The quantitative estimate of drug-likeness (QED) is 0.871. The van der Waals surface area contributed by atoms with Crippen molar-refractivity contribution in [2.24, 2.45) is 0 Å². The number of rotatable bonds is 5. The van der Waals surface area contributed by atoms with Crippen LogP contribution in [0.25, 0.3) is 0 Å². The van der Waals surface area contributed by atoms with Crippen LogP contribution in [-0.2, 0) is 21.2 Å². The van der Waals surface area contributed by atoms with Crippen LogP contribution in [0, 0.1) is 12.7 Å². The van der Waals surface area contributed by atoms with E-state index in [4.69, 9.17) is 0 Å². The number of anilines is 2. The van der Waals surface area contributed by atoms with Gasteiger partial charge in [-0.05, 0) is 49.1 Å². The number of nitrogens with zero attached hydrogens (tertiary/aromatic N) is 1. The molecule has 1 fully saturated rings. The fourth-order valence-corrected chi connectivity index (χ4v) is 4.55. The van der Waals surface area contributed by atoms with Gasteiger partial charge in [-0.25, -0.2) is 12.8 Å². The first-order valence-corrected chi connectivity index (χ1v) is 10.1. The van der Waals surface area contributed by atoms with Gasteiger partial charge >= 0.3 is 0 Å². The lowest BCUT2D eigenvalue weighted by atomic mass is 10.1. The molecule has 1 aliphatic rings. The molecule has 0 unspecified atom stereocenters. The Morgan fingerprint density at radius 1 is 1.23 bits per heavy atom. The van der Waals surface area contributed by atoms with Gasteiger partial charge in [-0.15, -0.1) is 0 Å². The van der Waals surface area contributed by atoms with Gasteiger partial charge in [-0.1, -0.05) is 24.3 Å². The van der Waals surface area contributed by atoms with Crippen molar-refractivity contribution in [2.45, 2.75) is 26.2 Å². The van der Waals surface area contributed by atoms with Crippen LogP contribution in [0.3, 0.4) is 0 Å². The smallest absolute Gasteiger partial charge is 0.235 e. The Morgan fingerprint density at radius 3 is 2.69 bits per heavy atom. The summed E-state index contributed by atoms with van der Waals surface area (Å²) in [5.41, 5.74) is 2.46. The van der Waals surface area contributed by atoms with E-state index in [2.05, 4.69) is 5.32 Å². The van der Waals surface area contributed by atoms with E-state index in [0.717, 1.165) is 5.56 Å². The first-order valence-electron chi connectivity index (χ1n) is 8.51. The van der Waals surface area contributed by atoms with Gasteiger partial charge in [0.1, 0.15) is 5.82 Å². The van der Waals surface area contributed by atoms with Gasteiger partial charge in [-0.3, -0.25) is 9.10 Å². The van der Waals surface area contributed by atoms with Crippen LogP contribution in [-0.4, -0.2) is 26.6 Å². The van der Waals surface area contributed by atoms with E-state index in [1.165, 1.54) is 10.4 Å². The lowest BCUT2D eigenvalue weighted by Crippen LogP contribution is -2.25. The van der Waals surface area contributed by atoms with E-state index in [-0.39, 0.29) is 23.9 Å². The third-order valence-electron chi connectivity index (χ3n) is 4.46. The number of benzene rings is 2. The molecule has 0 aliphatic carbocycles. The number of carbonyl (C=O) groups excluding carboxylic acids is 1. The number of carbonyl (C=O) groups is 1. The third-order valence-corrected chi connectivity index (χ3v) is 6.33. The highest BCUT2D eigenvalue weighted by atomic mass is 32.2. The van der Waals surface area contributed by atoms with Crippen molar-refractivity contribution in [2.75, 3.05) is 21.9 Å². The van der Waals surface area contributed by atoms with Crippen LogP contribution in [0.15, 0.2) is 42.5 Å². The molecule has 2 aromatic rings. The summed E-state index contributed by atoms with van der Waals surface area (Å²) >= 11 is 0. The minimum Gasteiger partial charge on any atom is -0.326 e. The average molecular weight is 376 g/mol. The largest absolute Gasteiger partial charge is 0.326 e. The second kappa shape index (κ2) is 7.45. The van der Waals surface area contributed by atoms with Crippen LogP contribution in [0.2, 0.25) is 0 Å². The molecule has 0 aromatic heterocycles. The van der Waals surface area contributed by atoms with Crippen molar-refractivity contribution in [1.82, 2.24) is 0 Å². The minimum atomic E-state index is -3.27. The van der Waals surface area contributed by atoms with Crippen LogP contribution in [0.4, 0.5) is 15.8 Å². The molecule has 0 radical (unpaired) electrons. The zero-order valence-electron chi connectivity index (χ0n) is 14.5. The van der Waals surface area contributed by atoms with Gasteiger partial charge < -0.3 is 5.32 Å². The second-order valence-electron chi connectivity index (χ2n) is 6.38. The number of nitrogens with one attached hydrogen (secondary N) is 1. The molecule has 0 saturated carbocycles. The highest BCUT2D eigenvalue weighted by molar-refractivity contribution is 7.93. The van der Waals surface area contributed by atoms with Gasteiger partial charge in [0, 0.05) is 18.7 Å². The summed E-state index contributed by atoms with van der Waals surface area (Å²) in [7, 11) is -3.27. The second-order valence-corrected chi connectivity index (χ2v) is 8.39. The predicted octanol–water partition coefficient (Wildman–Crippen LogP) is 3.25. The highest BCUT2D eigenvalue weighted by Crippen LogP contribution is 2.28. The molecule has 26 heavy (non-hydrogen) atoms. The Morgan fingerprint density at radius 2 is 2.00 bits per heavy atom. The Kier molecular flexibility index (Phi) is 5.27. The van der Waals surface area contributed by atoms with Gasteiger partial charge in [0.15, 0.2) is 0 Å². The van der Waals surface area contributed by atoms with E-state index in [0.29, 0.717) is 36.3 Å². The van der Waals surface area contributed by atoms with Crippen molar-refractivity contribution < 1.29 is 17.6 Å². The molecule has 0 bridgehead atoms. The molecule has 0 atom stereocenters. The summed E-state index contributed by atoms with van der Waals surface area (Å²) in [6, 6.07) is 11.6. The van der Waals surface area contributed by atoms with Crippen LogP contribution < -0.4 is 9.62 Å². The molecule has 5 nitrogen and oxygen atoms in total. The first-order chi connectivity index (χ1) is 12.4. The molecule has 138 valence electrons. The van der Waals surface area contributed by atoms with Crippen molar-refractivity contribution in [3.8, 4) is 0 Å². The summed E-state index contributed by atoms with van der Waals surface area (Å²) in [5.74, 6) is -0.416. The van der Waals surface area contributed by atoms with E-state index >= 15 is 0 Å². The minimum absolute atomic E-state index is 0.144. The molecule has 2 aromatic carbocycles. The van der Waals surface area contributed by atoms with Gasteiger partial charge in [0.2, 0.25) is 15.9 Å². The van der Waals surface area contributed by atoms with Gasteiger partial charge in [0.05, 0.1) is 11.4 Å². The molecule has 1 heterocycles. The SMILES string of the molecule is Cc1ccc(N2CCCS2(=O)=O)cc1NC(=O)CCc1ccccc1F. The fraction of sp³-hybridized carbons (Fsp3) is 0.316. The number of halogens is 1. The van der Waals surface area contributed by atoms with Crippen molar-refractivity contribution in [3.63, 3.8) is 0 Å². The number of aryl methyl sites for hydroxylation is 2. The highest BCUT2D eigenvalue weighted by Gasteiger charge is 2.28. The van der Waals surface area contributed by atoms with Crippen LogP contribution in [0.1, 0.15) is 24.0 Å². The topological polar surface area (TPSA) is 66.5 Å². The molecular weight excluding hydrogens is 355 g/mol. The maximum absolute atomic E-state index is 13.6. The summed E-state index contributed by atoms with van der Waals surface area (Å²) in [5, 5.41) is 2.81. The zero-order chi connectivity index (χ0) is 18.7. The van der Waals surface area contributed by atoms with Crippen molar-refractivity contribution >= 4 is 27.3 Å². The Labute approximate surface area is 152 Å². The number of hydrogen-bond donors (Lipinski definition) is 1. The molecule has 1 N–H and O–H groups in total. The third kappa shape index (κ3) is 4.04. The molecule has 0 spiro atoms. The maximum atomic E-state index is 13.6. The normalized spacial score (nSPS) is 15.8. The number of hydrogen-bond acceptors (Lipinski definition) is 3. The summed E-state index contributed by atoms with van der Waals surface area (Å²) in [4.78, 5) is 12.2. The zero-order valence-corrected chi connectivity index (χ0v) is 15.4.